The quantitative estimate of drug-likeness (QED) is 0.881. The molecule has 0 aliphatic heterocycles. The topological polar surface area (TPSA) is 57.4 Å². The third-order valence-corrected chi connectivity index (χ3v) is 3.58. The number of aromatic nitrogens is 1. The molecule has 0 spiro atoms. The number of halogens is 1. The first kappa shape index (κ1) is 14.8. The molecule has 0 unspecified atom stereocenters. The summed E-state index contributed by atoms with van der Waals surface area (Å²) in [7, 11) is 1.60. The van der Waals surface area contributed by atoms with Crippen molar-refractivity contribution in [2.45, 2.75) is 13.0 Å². The SMILES string of the molecule is COc1cccc(COc2ccc(Br)c(CCN)c2)n1. The summed E-state index contributed by atoms with van der Waals surface area (Å²) in [5.74, 6) is 1.40. The zero-order chi connectivity index (χ0) is 14.4. The van der Waals surface area contributed by atoms with Gasteiger partial charge in [0.05, 0.1) is 12.8 Å². The summed E-state index contributed by atoms with van der Waals surface area (Å²) in [5.41, 5.74) is 7.56. The van der Waals surface area contributed by atoms with Crippen LogP contribution in [0.25, 0.3) is 0 Å². The van der Waals surface area contributed by atoms with Gasteiger partial charge in [0.2, 0.25) is 5.88 Å². The number of hydrogen-bond donors (Lipinski definition) is 1. The Morgan fingerprint density at radius 3 is 2.85 bits per heavy atom. The van der Waals surface area contributed by atoms with Crippen molar-refractivity contribution >= 4 is 15.9 Å². The van der Waals surface area contributed by atoms with Crippen LogP contribution < -0.4 is 15.2 Å². The molecular formula is C15H17BrN2O2. The maximum absolute atomic E-state index is 5.75. The molecule has 4 nitrogen and oxygen atoms in total. The Labute approximate surface area is 127 Å². The average Bonchev–Trinajstić information content (AvgIpc) is 2.48. The molecule has 5 heteroatoms. The lowest BCUT2D eigenvalue weighted by Crippen LogP contribution is -2.04. The highest BCUT2D eigenvalue weighted by atomic mass is 79.9. The molecule has 0 aliphatic rings. The predicted octanol–water partition coefficient (Wildman–Crippen LogP) is 2.93. The van der Waals surface area contributed by atoms with Gasteiger partial charge in [-0.25, -0.2) is 4.98 Å². The molecule has 0 fully saturated rings. The van der Waals surface area contributed by atoms with Crippen LogP contribution in [0.1, 0.15) is 11.3 Å². The summed E-state index contributed by atoms with van der Waals surface area (Å²) in [4.78, 5) is 4.31. The highest BCUT2D eigenvalue weighted by Gasteiger charge is 2.03. The van der Waals surface area contributed by atoms with E-state index in [-0.39, 0.29) is 0 Å². The molecule has 2 rings (SSSR count). The fraction of sp³-hybridized carbons (Fsp3) is 0.267. The lowest BCUT2D eigenvalue weighted by atomic mass is 10.1. The molecule has 2 N–H and O–H groups in total. The number of nitrogens with zero attached hydrogens (tertiary/aromatic N) is 1. The zero-order valence-corrected chi connectivity index (χ0v) is 12.9. The van der Waals surface area contributed by atoms with Gasteiger partial charge < -0.3 is 15.2 Å². The van der Waals surface area contributed by atoms with E-state index in [0.29, 0.717) is 19.0 Å². The number of ether oxygens (including phenoxy) is 2. The lowest BCUT2D eigenvalue weighted by molar-refractivity contribution is 0.297. The second-order valence-corrected chi connectivity index (χ2v) is 5.11. The Kier molecular flexibility index (Phi) is 5.38. The summed E-state index contributed by atoms with van der Waals surface area (Å²) in [6.07, 6.45) is 0.815. The molecule has 0 atom stereocenters. The van der Waals surface area contributed by atoms with Crippen LogP contribution in [-0.2, 0) is 13.0 Å². The van der Waals surface area contributed by atoms with Crippen LogP contribution in [0.5, 0.6) is 11.6 Å². The summed E-state index contributed by atoms with van der Waals surface area (Å²) >= 11 is 3.51. The van der Waals surface area contributed by atoms with Gasteiger partial charge in [0.25, 0.3) is 0 Å². The van der Waals surface area contributed by atoms with Crippen molar-refractivity contribution in [2.75, 3.05) is 13.7 Å². The highest BCUT2D eigenvalue weighted by molar-refractivity contribution is 9.10. The van der Waals surface area contributed by atoms with E-state index in [0.717, 1.165) is 27.9 Å². The summed E-state index contributed by atoms with van der Waals surface area (Å²) in [6, 6.07) is 11.5. The van der Waals surface area contributed by atoms with Crippen LogP contribution in [0.4, 0.5) is 0 Å². The van der Waals surface area contributed by atoms with Gasteiger partial charge in [0, 0.05) is 10.5 Å². The largest absolute Gasteiger partial charge is 0.487 e. The van der Waals surface area contributed by atoms with Gasteiger partial charge in [-0.05, 0) is 42.8 Å². The average molecular weight is 337 g/mol. The van der Waals surface area contributed by atoms with E-state index in [1.54, 1.807) is 7.11 Å². The van der Waals surface area contributed by atoms with Crippen molar-refractivity contribution in [2.24, 2.45) is 5.73 Å². The number of rotatable bonds is 6. The molecule has 0 amide bonds. The van der Waals surface area contributed by atoms with Crippen molar-refractivity contribution in [3.63, 3.8) is 0 Å². The molecule has 1 heterocycles. The second-order valence-electron chi connectivity index (χ2n) is 4.25. The predicted molar refractivity (Wildman–Crippen MR) is 82.0 cm³/mol. The minimum Gasteiger partial charge on any atom is -0.487 e. The van der Waals surface area contributed by atoms with E-state index in [1.165, 1.54) is 0 Å². The number of benzene rings is 1. The molecule has 20 heavy (non-hydrogen) atoms. The molecule has 2 aromatic rings. The molecule has 0 saturated heterocycles. The maximum atomic E-state index is 5.75. The van der Waals surface area contributed by atoms with E-state index in [4.69, 9.17) is 15.2 Å². The fourth-order valence-corrected chi connectivity index (χ4v) is 2.24. The summed E-state index contributed by atoms with van der Waals surface area (Å²) in [6.45, 7) is 1.01. The van der Waals surface area contributed by atoms with Crippen molar-refractivity contribution in [1.29, 1.82) is 0 Å². The van der Waals surface area contributed by atoms with E-state index < -0.39 is 0 Å². The lowest BCUT2D eigenvalue weighted by Gasteiger charge is -2.09. The molecule has 106 valence electrons. The second kappa shape index (κ2) is 7.26. The minimum absolute atomic E-state index is 0.404. The first-order chi connectivity index (χ1) is 9.72. The van der Waals surface area contributed by atoms with Crippen molar-refractivity contribution < 1.29 is 9.47 Å². The Balaban J connectivity index is 2.04. The Bertz CT molecular complexity index is 576. The molecule has 0 bridgehead atoms. The number of pyridine rings is 1. The van der Waals surface area contributed by atoms with Crippen LogP contribution in [0.2, 0.25) is 0 Å². The third kappa shape index (κ3) is 3.95. The van der Waals surface area contributed by atoms with Crippen LogP contribution in [0, 0.1) is 0 Å². The Morgan fingerprint density at radius 1 is 1.25 bits per heavy atom. The van der Waals surface area contributed by atoms with E-state index in [1.807, 2.05) is 36.4 Å². The van der Waals surface area contributed by atoms with Crippen LogP contribution in [0.3, 0.4) is 0 Å². The van der Waals surface area contributed by atoms with Crippen LogP contribution >= 0.6 is 15.9 Å². The molecule has 0 radical (unpaired) electrons. The van der Waals surface area contributed by atoms with Gasteiger partial charge in [-0.2, -0.15) is 0 Å². The number of methoxy groups -OCH3 is 1. The Morgan fingerprint density at radius 2 is 2.10 bits per heavy atom. The highest BCUT2D eigenvalue weighted by Crippen LogP contribution is 2.23. The molecule has 1 aromatic heterocycles. The fourth-order valence-electron chi connectivity index (χ4n) is 1.80. The van der Waals surface area contributed by atoms with Gasteiger partial charge in [-0.15, -0.1) is 0 Å². The van der Waals surface area contributed by atoms with Crippen LogP contribution in [-0.4, -0.2) is 18.6 Å². The smallest absolute Gasteiger partial charge is 0.213 e. The normalized spacial score (nSPS) is 10.3. The van der Waals surface area contributed by atoms with Crippen molar-refractivity contribution in [3.05, 3.63) is 52.1 Å². The van der Waals surface area contributed by atoms with Crippen molar-refractivity contribution in [3.8, 4) is 11.6 Å². The standard InChI is InChI=1S/C15H17BrN2O2/c1-19-15-4-2-3-12(18-15)10-20-13-5-6-14(16)11(9-13)7-8-17/h2-6,9H,7-8,10,17H2,1H3. The minimum atomic E-state index is 0.404. The van der Waals surface area contributed by atoms with E-state index in [9.17, 15) is 0 Å². The summed E-state index contributed by atoms with van der Waals surface area (Å²) in [5, 5.41) is 0. The van der Waals surface area contributed by atoms with Gasteiger partial charge in [-0.3, -0.25) is 0 Å². The van der Waals surface area contributed by atoms with Gasteiger partial charge in [0.1, 0.15) is 12.4 Å². The third-order valence-electron chi connectivity index (χ3n) is 2.81. The van der Waals surface area contributed by atoms with Crippen LogP contribution in [0.15, 0.2) is 40.9 Å². The van der Waals surface area contributed by atoms with Gasteiger partial charge >= 0.3 is 0 Å². The Hall–Kier alpha value is -1.59. The monoisotopic (exact) mass is 336 g/mol. The number of nitrogens with two attached hydrogens (primary N) is 1. The summed E-state index contributed by atoms with van der Waals surface area (Å²) < 4.78 is 11.9. The molecule has 1 aromatic carbocycles. The van der Waals surface area contributed by atoms with Crippen molar-refractivity contribution in [1.82, 2.24) is 4.98 Å². The molecular weight excluding hydrogens is 320 g/mol. The first-order valence-corrected chi connectivity index (χ1v) is 7.13. The molecule has 0 aliphatic carbocycles. The van der Waals surface area contributed by atoms with E-state index >= 15 is 0 Å². The molecule has 0 saturated carbocycles. The zero-order valence-electron chi connectivity index (χ0n) is 11.3. The van der Waals surface area contributed by atoms with Gasteiger partial charge in [0.15, 0.2) is 0 Å². The van der Waals surface area contributed by atoms with E-state index in [2.05, 4.69) is 20.9 Å². The maximum Gasteiger partial charge on any atom is 0.213 e. The number of hydrogen-bond acceptors (Lipinski definition) is 4. The van der Waals surface area contributed by atoms with Gasteiger partial charge in [-0.1, -0.05) is 22.0 Å². The first-order valence-electron chi connectivity index (χ1n) is 6.34.